The van der Waals surface area contributed by atoms with E-state index in [1.54, 1.807) is 10.5 Å². The van der Waals surface area contributed by atoms with Crippen LogP contribution in [0.3, 0.4) is 0 Å². The van der Waals surface area contributed by atoms with Crippen LogP contribution < -0.4 is 0 Å². The third-order valence-corrected chi connectivity index (χ3v) is 3.92. The maximum atomic E-state index is 13.9. The first-order valence-electron chi connectivity index (χ1n) is 6.46. The highest BCUT2D eigenvalue weighted by Crippen LogP contribution is 2.27. The van der Waals surface area contributed by atoms with E-state index in [4.69, 9.17) is 0 Å². The number of aliphatic hydroxyl groups is 1. The quantitative estimate of drug-likeness (QED) is 0.804. The number of hydrogen-bond acceptors (Lipinski definition) is 3. The highest BCUT2D eigenvalue weighted by molar-refractivity contribution is 7.92. The van der Waals surface area contributed by atoms with E-state index in [1.807, 2.05) is 13.0 Å². The van der Waals surface area contributed by atoms with Crippen molar-refractivity contribution < 1.29 is 13.4 Å². The number of halogens is 2. The molecule has 1 N–H and O–H groups in total. The second-order valence-electron chi connectivity index (χ2n) is 4.59. The molecule has 0 fully saturated rings. The maximum Gasteiger partial charge on any atom is 0.170 e. The topological polar surface area (TPSA) is 42.5 Å². The van der Waals surface area contributed by atoms with Crippen molar-refractivity contribution in [3.63, 3.8) is 0 Å². The van der Waals surface area contributed by atoms with E-state index < -0.39 is 6.10 Å². The largest absolute Gasteiger partial charge is 0.379 e. The fourth-order valence-electron chi connectivity index (χ4n) is 2.46. The fourth-order valence-corrected chi connectivity index (χ4v) is 2.78. The Morgan fingerprint density at radius 2 is 2.14 bits per heavy atom. The zero-order valence-electron chi connectivity index (χ0n) is 11.2. The van der Waals surface area contributed by atoms with Crippen LogP contribution in [0, 0.1) is 5.82 Å². The zero-order chi connectivity index (χ0) is 15.0. The average Bonchev–Trinajstić information content (AvgIpc) is 3.13. The zero-order valence-corrected chi connectivity index (χ0v) is 12.0. The molecule has 0 aliphatic carbocycles. The molecule has 1 atom stereocenters. The monoisotopic (exact) mass is 309 g/mol. The van der Waals surface area contributed by atoms with E-state index in [0.717, 1.165) is 9.67 Å². The molecule has 4 nitrogen and oxygen atoms in total. The average molecular weight is 309 g/mol. The van der Waals surface area contributed by atoms with Crippen molar-refractivity contribution in [3.8, 4) is 0 Å². The molecule has 21 heavy (non-hydrogen) atoms. The predicted molar refractivity (Wildman–Crippen MR) is 77.1 cm³/mol. The molecule has 0 aliphatic rings. The number of rotatable bonds is 4. The van der Waals surface area contributed by atoms with Crippen LogP contribution in [-0.2, 0) is 6.42 Å². The maximum absolute atomic E-state index is 13.9. The summed E-state index contributed by atoms with van der Waals surface area (Å²) in [5.41, 5.74) is 1.70. The fraction of sp³-hybridized carbons (Fsp3) is 0.214. The second kappa shape index (κ2) is 5.50. The highest BCUT2D eigenvalue weighted by Gasteiger charge is 2.21. The highest BCUT2D eigenvalue weighted by atomic mass is 32.2. The lowest BCUT2D eigenvalue weighted by Gasteiger charge is -2.15. The van der Waals surface area contributed by atoms with E-state index in [2.05, 4.69) is 4.98 Å². The Bertz CT molecular complexity index is 784. The third kappa shape index (κ3) is 2.22. The minimum atomic E-state index is -1.15. The van der Waals surface area contributed by atoms with Crippen molar-refractivity contribution in [2.75, 3.05) is 0 Å². The summed E-state index contributed by atoms with van der Waals surface area (Å²) in [6.07, 6.45) is 2.36. The molecule has 1 unspecified atom stereocenters. The van der Waals surface area contributed by atoms with Gasteiger partial charge in [0.1, 0.15) is 5.82 Å². The lowest BCUT2D eigenvalue weighted by molar-refractivity contribution is 0.203. The number of aryl methyl sites for hydroxylation is 1. The molecule has 110 valence electrons. The first kappa shape index (κ1) is 14.1. The van der Waals surface area contributed by atoms with Gasteiger partial charge < -0.3 is 9.51 Å². The number of imidazole rings is 1. The van der Waals surface area contributed by atoms with Crippen LogP contribution in [-0.4, -0.2) is 18.5 Å². The smallest absolute Gasteiger partial charge is 0.170 e. The lowest BCUT2D eigenvalue weighted by Crippen LogP contribution is -2.12. The van der Waals surface area contributed by atoms with Crippen LogP contribution in [0.2, 0.25) is 0 Å². The van der Waals surface area contributed by atoms with Gasteiger partial charge in [-0.05, 0) is 30.7 Å². The molecule has 7 heteroatoms. The van der Waals surface area contributed by atoms with Crippen LogP contribution in [0.5, 0.6) is 0 Å². The van der Waals surface area contributed by atoms with Crippen LogP contribution >= 0.6 is 12.3 Å². The molecule has 0 aromatic carbocycles. The predicted octanol–water partition coefficient (Wildman–Crippen LogP) is 3.30. The van der Waals surface area contributed by atoms with E-state index in [1.165, 1.54) is 24.5 Å². The minimum Gasteiger partial charge on any atom is -0.379 e. The summed E-state index contributed by atoms with van der Waals surface area (Å²) in [7, 11) is 0. The van der Waals surface area contributed by atoms with Crippen molar-refractivity contribution in [1.29, 1.82) is 0 Å². The Kier molecular flexibility index (Phi) is 3.69. The SMILES string of the molecule is CCc1ccc2c(F)ccc(C(O)c3nccn3SF)n12. The Morgan fingerprint density at radius 1 is 1.33 bits per heavy atom. The van der Waals surface area contributed by atoms with Crippen molar-refractivity contribution in [2.45, 2.75) is 19.4 Å². The second-order valence-corrected chi connectivity index (χ2v) is 5.12. The Morgan fingerprint density at radius 3 is 2.86 bits per heavy atom. The van der Waals surface area contributed by atoms with Gasteiger partial charge in [-0.3, -0.25) is 0 Å². The van der Waals surface area contributed by atoms with Gasteiger partial charge in [-0.1, -0.05) is 6.92 Å². The molecule has 3 aromatic rings. The van der Waals surface area contributed by atoms with Crippen molar-refractivity contribution in [1.82, 2.24) is 13.4 Å². The van der Waals surface area contributed by atoms with Gasteiger partial charge >= 0.3 is 0 Å². The van der Waals surface area contributed by atoms with Gasteiger partial charge in [0.15, 0.2) is 24.3 Å². The first-order valence-corrected chi connectivity index (χ1v) is 7.13. The molecule has 0 saturated carbocycles. The van der Waals surface area contributed by atoms with E-state index >= 15 is 0 Å². The number of aliphatic hydroxyl groups excluding tert-OH is 1. The summed E-state index contributed by atoms with van der Waals surface area (Å²) in [6, 6.07) is 6.27. The van der Waals surface area contributed by atoms with Gasteiger partial charge in [-0.2, -0.15) is 0 Å². The van der Waals surface area contributed by atoms with Crippen LogP contribution in [0.1, 0.15) is 30.2 Å². The molecular weight excluding hydrogens is 296 g/mol. The molecule has 0 bridgehead atoms. The van der Waals surface area contributed by atoms with Crippen molar-refractivity contribution >= 4 is 17.9 Å². The summed E-state index contributed by atoms with van der Waals surface area (Å²) in [5, 5.41) is 10.5. The summed E-state index contributed by atoms with van der Waals surface area (Å²) < 4.78 is 29.5. The molecule has 0 aliphatic heterocycles. The van der Waals surface area contributed by atoms with Gasteiger partial charge in [0, 0.05) is 18.1 Å². The summed E-state index contributed by atoms with van der Waals surface area (Å²) in [6.45, 7) is 1.95. The summed E-state index contributed by atoms with van der Waals surface area (Å²) >= 11 is -0.0435. The number of aromatic nitrogens is 3. The molecular formula is C14H13F2N3OS. The van der Waals surface area contributed by atoms with Crippen LogP contribution in [0.15, 0.2) is 36.7 Å². The molecule has 0 spiro atoms. The standard InChI is InChI=1S/C14H13F2N3OS/c1-2-9-3-5-11-10(15)4-6-12(19(9)11)13(20)14-17-7-8-18(14)21-16/h3-8,13,20H,2H2,1H3. The van der Waals surface area contributed by atoms with Crippen LogP contribution in [0.4, 0.5) is 8.28 Å². The summed E-state index contributed by atoms with van der Waals surface area (Å²) in [5.74, 6) is -0.208. The number of hydrogen-bond donors (Lipinski definition) is 1. The van der Waals surface area contributed by atoms with Gasteiger partial charge in [0.2, 0.25) is 0 Å². The van der Waals surface area contributed by atoms with E-state index in [0.29, 0.717) is 17.6 Å². The lowest BCUT2D eigenvalue weighted by atomic mass is 10.2. The molecule has 3 heterocycles. The molecule has 3 aromatic heterocycles. The van der Waals surface area contributed by atoms with Gasteiger partial charge in [0.05, 0.1) is 11.2 Å². The number of nitrogens with zero attached hydrogens (tertiary/aromatic N) is 3. The van der Waals surface area contributed by atoms with Crippen molar-refractivity contribution in [3.05, 3.63) is 59.7 Å². The Balaban J connectivity index is 2.20. The van der Waals surface area contributed by atoms with Gasteiger partial charge in [-0.15, -0.1) is 3.89 Å². The minimum absolute atomic E-state index is 0.0435. The molecule has 0 radical (unpaired) electrons. The van der Waals surface area contributed by atoms with E-state index in [9.17, 15) is 13.4 Å². The van der Waals surface area contributed by atoms with Gasteiger partial charge in [-0.25, -0.2) is 13.3 Å². The molecule has 0 saturated heterocycles. The Hall–Kier alpha value is -1.86. The summed E-state index contributed by atoms with van der Waals surface area (Å²) in [4.78, 5) is 3.98. The molecule has 3 rings (SSSR count). The molecule has 0 amide bonds. The number of pyridine rings is 1. The normalized spacial score (nSPS) is 13.0. The Labute approximate surface area is 124 Å². The van der Waals surface area contributed by atoms with Crippen molar-refractivity contribution in [2.24, 2.45) is 0 Å². The van der Waals surface area contributed by atoms with Gasteiger partial charge in [0.25, 0.3) is 0 Å². The first-order chi connectivity index (χ1) is 10.2. The van der Waals surface area contributed by atoms with Crippen LogP contribution in [0.25, 0.3) is 5.52 Å². The van der Waals surface area contributed by atoms with E-state index in [-0.39, 0.29) is 24.0 Å². The number of fused-ring (bicyclic) bond motifs is 1. The third-order valence-electron chi connectivity index (χ3n) is 3.46.